The van der Waals surface area contributed by atoms with Crippen molar-refractivity contribution < 1.29 is 0 Å². The van der Waals surface area contributed by atoms with Crippen molar-refractivity contribution >= 4 is 49.0 Å². The summed E-state index contributed by atoms with van der Waals surface area (Å²) < 4.78 is 2.54. The summed E-state index contributed by atoms with van der Waals surface area (Å²) in [5, 5.41) is 6.43. The highest BCUT2D eigenvalue weighted by molar-refractivity contribution is 6.31. The molecule has 0 N–H and O–H groups in total. The van der Waals surface area contributed by atoms with Crippen LogP contribution in [0, 0.1) is 13.8 Å². The summed E-state index contributed by atoms with van der Waals surface area (Å²) in [6.45, 7) is 18.5. The summed E-state index contributed by atoms with van der Waals surface area (Å²) in [6, 6.07) is 23.3. The molecule has 0 aliphatic carbocycles. The summed E-state index contributed by atoms with van der Waals surface area (Å²) in [7, 11) is 0. The van der Waals surface area contributed by atoms with Crippen LogP contribution in [0.2, 0.25) is 0 Å². The monoisotopic (exact) mass is 522 g/mol. The highest BCUT2D eigenvalue weighted by Crippen LogP contribution is 2.49. The maximum Gasteiger partial charge on any atom is 0.0822 e. The van der Waals surface area contributed by atoms with Gasteiger partial charge in [-0.15, -0.1) is 0 Å². The van der Waals surface area contributed by atoms with E-state index in [9.17, 15) is 0 Å². The Balaban J connectivity index is 1.80. The molecule has 0 fully saturated rings. The van der Waals surface area contributed by atoms with Crippen LogP contribution in [0.4, 0.5) is 0 Å². The number of hydrogen-bond donors (Lipinski definition) is 0. The van der Waals surface area contributed by atoms with Gasteiger partial charge in [0.1, 0.15) is 0 Å². The van der Waals surface area contributed by atoms with Gasteiger partial charge in [0.25, 0.3) is 0 Å². The molecule has 0 saturated carbocycles. The van der Waals surface area contributed by atoms with Crippen molar-refractivity contribution in [1.82, 2.24) is 9.38 Å². The molecule has 2 nitrogen and oxygen atoms in total. The van der Waals surface area contributed by atoms with Crippen LogP contribution in [0.1, 0.15) is 87.1 Å². The second-order valence-corrected chi connectivity index (χ2v) is 12.8. The van der Waals surface area contributed by atoms with Gasteiger partial charge >= 0.3 is 0 Å². The topological polar surface area (TPSA) is 17.3 Å². The Bertz CT molecular complexity index is 2070. The van der Waals surface area contributed by atoms with E-state index in [0.717, 1.165) is 5.52 Å². The first-order valence-electron chi connectivity index (χ1n) is 14.8. The average molecular weight is 523 g/mol. The van der Waals surface area contributed by atoms with Gasteiger partial charge in [0.05, 0.1) is 22.1 Å². The van der Waals surface area contributed by atoms with Crippen LogP contribution in [0.3, 0.4) is 0 Å². The lowest BCUT2D eigenvalue weighted by atomic mass is 9.80. The number of para-hydroxylation sites is 1. The van der Waals surface area contributed by atoms with Crippen LogP contribution < -0.4 is 0 Å². The fraction of sp³-hybridized carbons (Fsp3) is 0.289. The lowest BCUT2D eigenvalue weighted by molar-refractivity contribution is 0.808. The van der Waals surface area contributed by atoms with Crippen LogP contribution in [-0.2, 0) is 0 Å². The molecule has 0 bridgehead atoms. The predicted molar refractivity (Wildman–Crippen MR) is 174 cm³/mol. The van der Waals surface area contributed by atoms with Gasteiger partial charge in [-0.1, -0.05) is 83.5 Å². The third-order valence-electron chi connectivity index (χ3n) is 8.99. The Hall–Kier alpha value is -3.91. The molecule has 4 aromatic carbocycles. The molecule has 0 radical (unpaired) electrons. The molecule has 0 amide bonds. The number of rotatable bonds is 4. The molecule has 200 valence electrons. The summed E-state index contributed by atoms with van der Waals surface area (Å²) in [5.41, 5.74) is 14.6. The molecule has 3 heterocycles. The van der Waals surface area contributed by atoms with E-state index in [-0.39, 0.29) is 0 Å². The third-order valence-corrected chi connectivity index (χ3v) is 8.99. The molecule has 40 heavy (non-hydrogen) atoms. The minimum absolute atomic E-state index is 0.414. The Morgan fingerprint density at radius 3 is 2.05 bits per heavy atom. The molecular formula is C38H38N2. The lowest BCUT2D eigenvalue weighted by Gasteiger charge is -2.24. The number of benzene rings is 4. The Morgan fingerprint density at radius 2 is 1.38 bits per heavy atom. The number of aromatic nitrogens is 2. The maximum atomic E-state index is 5.03. The van der Waals surface area contributed by atoms with Crippen molar-refractivity contribution in [2.24, 2.45) is 0 Å². The fourth-order valence-corrected chi connectivity index (χ4v) is 7.16. The lowest BCUT2D eigenvalue weighted by Crippen LogP contribution is -2.04. The first kappa shape index (κ1) is 25.1. The molecule has 0 spiro atoms. The number of pyridine rings is 2. The van der Waals surface area contributed by atoms with Gasteiger partial charge in [-0.05, 0) is 94.6 Å². The predicted octanol–water partition coefficient (Wildman–Crippen LogP) is 11.0. The summed E-state index contributed by atoms with van der Waals surface area (Å²) in [6.07, 6.45) is 2.00. The van der Waals surface area contributed by atoms with Gasteiger partial charge in [0.2, 0.25) is 0 Å². The number of aryl methyl sites for hydroxylation is 2. The summed E-state index contributed by atoms with van der Waals surface area (Å²) in [5.74, 6) is 1.32. The zero-order chi connectivity index (χ0) is 28.0. The number of nitrogens with zero attached hydrogens (tertiary/aromatic N) is 2. The zero-order valence-corrected chi connectivity index (χ0v) is 25.0. The second kappa shape index (κ2) is 8.80. The van der Waals surface area contributed by atoms with E-state index >= 15 is 0 Å². The molecule has 7 rings (SSSR count). The van der Waals surface area contributed by atoms with Gasteiger partial charge in [0, 0.05) is 27.7 Å². The quantitative estimate of drug-likeness (QED) is 0.166. The summed E-state index contributed by atoms with van der Waals surface area (Å²) in [4.78, 5) is 5.03. The zero-order valence-electron chi connectivity index (χ0n) is 25.0. The van der Waals surface area contributed by atoms with Crippen LogP contribution >= 0.6 is 0 Å². The SMILES string of the molecule is Cc1cc(C)c2c(c1)c1nccc3cc(-c4c(C(C)C)cc(C(C)C)cc4C(C)C)c4c5ccccc5n2c4c31. The fourth-order valence-electron chi connectivity index (χ4n) is 7.16. The smallest absolute Gasteiger partial charge is 0.0822 e. The molecule has 0 atom stereocenters. The van der Waals surface area contributed by atoms with E-state index in [1.54, 1.807) is 0 Å². The summed E-state index contributed by atoms with van der Waals surface area (Å²) >= 11 is 0. The molecule has 0 aliphatic heterocycles. The Labute approximate surface area is 237 Å². The van der Waals surface area contributed by atoms with E-state index < -0.39 is 0 Å². The van der Waals surface area contributed by atoms with Gasteiger partial charge in [0.15, 0.2) is 0 Å². The normalized spacial score (nSPS) is 12.7. The van der Waals surface area contributed by atoms with E-state index in [4.69, 9.17) is 4.98 Å². The first-order valence-corrected chi connectivity index (χ1v) is 14.8. The van der Waals surface area contributed by atoms with Gasteiger partial charge in [-0.2, -0.15) is 0 Å². The number of hydrogen-bond acceptors (Lipinski definition) is 1. The Morgan fingerprint density at radius 1 is 0.675 bits per heavy atom. The van der Waals surface area contributed by atoms with Crippen LogP contribution in [-0.4, -0.2) is 9.38 Å². The van der Waals surface area contributed by atoms with E-state index in [1.165, 1.54) is 82.4 Å². The third kappa shape index (κ3) is 3.38. The van der Waals surface area contributed by atoms with Gasteiger partial charge in [-0.25, -0.2) is 0 Å². The molecule has 0 aliphatic rings. The highest BCUT2D eigenvalue weighted by atomic mass is 14.9. The maximum absolute atomic E-state index is 5.03. The molecular weight excluding hydrogens is 484 g/mol. The molecule has 0 unspecified atom stereocenters. The highest BCUT2D eigenvalue weighted by Gasteiger charge is 2.26. The van der Waals surface area contributed by atoms with Crippen LogP contribution in [0.15, 0.2) is 66.9 Å². The largest absolute Gasteiger partial charge is 0.308 e. The van der Waals surface area contributed by atoms with E-state index in [1.807, 2.05) is 6.20 Å². The minimum atomic E-state index is 0.414. The van der Waals surface area contributed by atoms with Gasteiger partial charge in [-0.3, -0.25) is 4.98 Å². The van der Waals surface area contributed by atoms with Crippen molar-refractivity contribution in [2.75, 3.05) is 0 Å². The van der Waals surface area contributed by atoms with Crippen LogP contribution in [0.25, 0.3) is 60.1 Å². The van der Waals surface area contributed by atoms with Crippen molar-refractivity contribution in [3.05, 3.63) is 94.7 Å². The Kier molecular flexibility index (Phi) is 5.52. The van der Waals surface area contributed by atoms with Crippen molar-refractivity contribution in [3.8, 4) is 11.1 Å². The molecule has 7 aromatic rings. The van der Waals surface area contributed by atoms with Crippen molar-refractivity contribution in [1.29, 1.82) is 0 Å². The number of fused-ring (bicyclic) bond motifs is 6. The standard InChI is InChI=1S/C38H38N2/c1-20(2)26-18-28(21(3)4)34(29(19-26)22(5)6)30-17-25-13-14-39-36-31-16-23(7)15-24(8)37(31)40-32-12-10-9-11-27(32)35(30)38(40)33(25)36/h9-22H,1-8H3. The van der Waals surface area contributed by atoms with Crippen molar-refractivity contribution in [2.45, 2.75) is 73.1 Å². The molecule has 3 aromatic heterocycles. The average Bonchev–Trinajstić information content (AvgIpc) is 3.26. The second-order valence-electron chi connectivity index (χ2n) is 12.8. The molecule has 2 heteroatoms. The molecule has 0 saturated heterocycles. The van der Waals surface area contributed by atoms with Crippen LogP contribution in [0.5, 0.6) is 0 Å². The van der Waals surface area contributed by atoms with Gasteiger partial charge < -0.3 is 4.40 Å². The first-order chi connectivity index (χ1) is 19.2. The van der Waals surface area contributed by atoms with Crippen molar-refractivity contribution in [3.63, 3.8) is 0 Å². The van der Waals surface area contributed by atoms with E-state index in [0.29, 0.717) is 17.8 Å². The minimum Gasteiger partial charge on any atom is -0.308 e. The van der Waals surface area contributed by atoms with E-state index in [2.05, 4.69) is 120 Å².